The van der Waals surface area contributed by atoms with Gasteiger partial charge in [0.2, 0.25) is 0 Å². The maximum Gasteiger partial charge on any atom is 0.300 e. The minimum absolute atomic E-state index is 0.0864. The van der Waals surface area contributed by atoms with Gasteiger partial charge in [-0.1, -0.05) is 56.3 Å². The van der Waals surface area contributed by atoms with Crippen LogP contribution < -0.4 is 9.80 Å². The van der Waals surface area contributed by atoms with Crippen molar-refractivity contribution in [3.05, 3.63) is 101 Å². The van der Waals surface area contributed by atoms with Crippen molar-refractivity contribution >= 4 is 39.7 Å². The van der Waals surface area contributed by atoms with Crippen molar-refractivity contribution in [3.63, 3.8) is 0 Å². The Labute approximate surface area is 223 Å². The molecule has 1 fully saturated rings. The first-order chi connectivity index (χ1) is 18.3. The van der Waals surface area contributed by atoms with E-state index >= 15 is 0 Å². The summed E-state index contributed by atoms with van der Waals surface area (Å²) >= 11 is 0. The average Bonchev–Trinajstić information content (AvgIpc) is 3.48. The highest BCUT2D eigenvalue weighted by Crippen LogP contribution is 2.43. The SMILES string of the molecule is CCN(CC)c1ccc(C2/C(=C(/O)c3c[nH]c4ccccc34)C(=O)C(=O)N2c2ccc(C(C)C)cc2)cc1. The number of hydrogen-bond acceptors (Lipinski definition) is 4. The number of aliphatic hydroxyl groups excluding tert-OH is 1. The van der Waals surface area contributed by atoms with Gasteiger partial charge in [0.05, 0.1) is 11.6 Å². The van der Waals surface area contributed by atoms with Crippen LogP contribution in [0.2, 0.25) is 0 Å². The highest BCUT2D eigenvalue weighted by atomic mass is 16.3. The van der Waals surface area contributed by atoms with Crippen LogP contribution in [-0.4, -0.2) is 34.9 Å². The molecule has 1 saturated heterocycles. The molecular formula is C32H33N3O3. The first-order valence-electron chi connectivity index (χ1n) is 13.2. The number of amides is 1. The zero-order valence-electron chi connectivity index (χ0n) is 22.2. The number of aliphatic hydroxyl groups is 1. The van der Waals surface area contributed by atoms with Crippen molar-refractivity contribution in [2.75, 3.05) is 22.9 Å². The number of nitrogens with zero attached hydrogens (tertiary/aromatic N) is 2. The Balaban J connectivity index is 1.69. The predicted octanol–water partition coefficient (Wildman–Crippen LogP) is 6.76. The van der Waals surface area contributed by atoms with E-state index in [0.29, 0.717) is 17.2 Å². The molecule has 0 bridgehead atoms. The van der Waals surface area contributed by atoms with E-state index in [9.17, 15) is 14.7 Å². The number of para-hydroxylation sites is 1. The number of aromatic nitrogens is 1. The van der Waals surface area contributed by atoms with E-state index in [1.807, 2.05) is 72.8 Å². The van der Waals surface area contributed by atoms with Crippen LogP contribution in [-0.2, 0) is 9.59 Å². The van der Waals surface area contributed by atoms with E-state index in [1.54, 1.807) is 6.20 Å². The molecule has 2 heterocycles. The van der Waals surface area contributed by atoms with Crippen LogP contribution in [0.15, 0.2) is 84.6 Å². The molecule has 2 N–H and O–H groups in total. The Hall–Kier alpha value is -4.32. The molecule has 0 radical (unpaired) electrons. The van der Waals surface area contributed by atoms with Gasteiger partial charge in [-0.2, -0.15) is 0 Å². The second-order valence-electron chi connectivity index (χ2n) is 9.93. The van der Waals surface area contributed by atoms with Gasteiger partial charge >= 0.3 is 0 Å². The number of ketones is 1. The van der Waals surface area contributed by atoms with Crippen LogP contribution >= 0.6 is 0 Å². The Morgan fingerprint density at radius 2 is 1.61 bits per heavy atom. The minimum Gasteiger partial charge on any atom is -0.507 e. The molecule has 1 aromatic heterocycles. The third-order valence-corrected chi connectivity index (χ3v) is 7.46. The molecule has 0 aliphatic carbocycles. The fraction of sp³-hybridized carbons (Fsp3) is 0.250. The number of Topliss-reactive ketones (excluding diaryl/α,β-unsaturated/α-hetero) is 1. The Morgan fingerprint density at radius 1 is 0.947 bits per heavy atom. The van der Waals surface area contributed by atoms with Crippen LogP contribution in [0.5, 0.6) is 0 Å². The van der Waals surface area contributed by atoms with Gasteiger partial charge in [-0.25, -0.2) is 0 Å². The van der Waals surface area contributed by atoms with Crippen molar-refractivity contribution in [1.29, 1.82) is 0 Å². The fourth-order valence-electron chi connectivity index (χ4n) is 5.30. The molecule has 1 aliphatic heterocycles. The smallest absolute Gasteiger partial charge is 0.300 e. The Morgan fingerprint density at radius 3 is 2.24 bits per heavy atom. The molecule has 6 heteroatoms. The van der Waals surface area contributed by atoms with E-state index in [1.165, 1.54) is 4.90 Å². The van der Waals surface area contributed by atoms with Gasteiger partial charge in [0.1, 0.15) is 5.76 Å². The van der Waals surface area contributed by atoms with E-state index in [2.05, 4.69) is 37.6 Å². The lowest BCUT2D eigenvalue weighted by molar-refractivity contribution is -0.132. The van der Waals surface area contributed by atoms with Crippen LogP contribution in [0.25, 0.3) is 16.7 Å². The summed E-state index contributed by atoms with van der Waals surface area (Å²) in [7, 11) is 0. The highest BCUT2D eigenvalue weighted by molar-refractivity contribution is 6.51. The van der Waals surface area contributed by atoms with Crippen molar-refractivity contribution < 1.29 is 14.7 Å². The van der Waals surface area contributed by atoms with Gasteiger partial charge in [0.25, 0.3) is 11.7 Å². The largest absolute Gasteiger partial charge is 0.507 e. The second-order valence-corrected chi connectivity index (χ2v) is 9.93. The highest BCUT2D eigenvalue weighted by Gasteiger charge is 2.47. The number of benzene rings is 3. The lowest BCUT2D eigenvalue weighted by atomic mass is 9.94. The third kappa shape index (κ3) is 4.26. The number of carbonyl (C=O) groups excluding carboxylic acids is 2. The van der Waals surface area contributed by atoms with Crippen molar-refractivity contribution in [2.45, 2.75) is 39.7 Å². The molecule has 6 nitrogen and oxygen atoms in total. The number of hydrogen-bond donors (Lipinski definition) is 2. The Bertz CT molecular complexity index is 1510. The summed E-state index contributed by atoms with van der Waals surface area (Å²) in [6.07, 6.45) is 1.69. The van der Waals surface area contributed by atoms with Crippen molar-refractivity contribution in [1.82, 2.24) is 4.98 Å². The van der Waals surface area contributed by atoms with Gasteiger partial charge in [-0.05, 0) is 61.2 Å². The quantitative estimate of drug-likeness (QED) is 0.165. The number of fused-ring (bicyclic) bond motifs is 1. The van der Waals surface area contributed by atoms with E-state index in [-0.39, 0.29) is 11.3 Å². The van der Waals surface area contributed by atoms with Gasteiger partial charge in [-0.3, -0.25) is 14.5 Å². The van der Waals surface area contributed by atoms with E-state index in [0.717, 1.165) is 40.8 Å². The first kappa shape index (κ1) is 25.3. The summed E-state index contributed by atoms with van der Waals surface area (Å²) in [5.74, 6) is -1.19. The monoisotopic (exact) mass is 507 g/mol. The number of H-pyrrole nitrogens is 1. The summed E-state index contributed by atoms with van der Waals surface area (Å²) in [5.41, 5.74) is 5.01. The standard InChI is InChI=1S/C32H33N3O3/c1-5-34(6-2)23-15-13-22(14-16-23)29-28(30(36)26-19-33-27-10-8-7-9-25(26)27)31(37)32(38)35(29)24-17-11-21(12-18-24)20(3)4/h7-20,29,33,36H,5-6H2,1-4H3/b30-28-. The summed E-state index contributed by atoms with van der Waals surface area (Å²) < 4.78 is 0. The number of aromatic amines is 1. The average molecular weight is 508 g/mol. The van der Waals surface area contributed by atoms with Crippen LogP contribution in [0, 0.1) is 0 Å². The molecule has 1 aliphatic rings. The third-order valence-electron chi connectivity index (χ3n) is 7.46. The Kier molecular flexibility index (Phi) is 6.81. The zero-order chi connectivity index (χ0) is 27.0. The maximum absolute atomic E-state index is 13.6. The molecule has 0 spiro atoms. The lowest BCUT2D eigenvalue weighted by Gasteiger charge is -2.27. The number of anilines is 2. The van der Waals surface area contributed by atoms with Crippen molar-refractivity contribution in [3.8, 4) is 0 Å². The molecule has 38 heavy (non-hydrogen) atoms. The molecule has 1 atom stereocenters. The maximum atomic E-state index is 13.6. The molecule has 1 unspecified atom stereocenters. The first-order valence-corrected chi connectivity index (χ1v) is 13.2. The van der Waals surface area contributed by atoms with E-state index in [4.69, 9.17) is 0 Å². The second kappa shape index (κ2) is 10.2. The van der Waals surface area contributed by atoms with Gasteiger partial charge < -0.3 is 15.0 Å². The van der Waals surface area contributed by atoms with Gasteiger partial charge in [0, 0.05) is 47.1 Å². The van der Waals surface area contributed by atoms with Crippen molar-refractivity contribution in [2.24, 2.45) is 0 Å². The summed E-state index contributed by atoms with van der Waals surface area (Å²) in [6, 6.07) is 22.5. The molecule has 0 saturated carbocycles. The number of nitrogens with one attached hydrogen (secondary N) is 1. The molecule has 1 amide bonds. The van der Waals surface area contributed by atoms with Crippen LogP contribution in [0.1, 0.15) is 56.3 Å². The zero-order valence-corrected chi connectivity index (χ0v) is 22.2. The van der Waals surface area contributed by atoms with Crippen LogP contribution in [0.4, 0.5) is 11.4 Å². The molecule has 194 valence electrons. The van der Waals surface area contributed by atoms with E-state index < -0.39 is 17.7 Å². The predicted molar refractivity (Wildman–Crippen MR) is 154 cm³/mol. The van der Waals surface area contributed by atoms with Gasteiger partial charge in [0.15, 0.2) is 0 Å². The molecule has 4 aromatic rings. The molecule has 3 aromatic carbocycles. The molecule has 5 rings (SSSR count). The fourth-order valence-corrected chi connectivity index (χ4v) is 5.30. The number of carbonyl (C=O) groups is 2. The summed E-state index contributed by atoms with van der Waals surface area (Å²) in [6.45, 7) is 10.2. The normalized spacial score (nSPS) is 17.1. The number of rotatable bonds is 7. The van der Waals surface area contributed by atoms with Crippen LogP contribution in [0.3, 0.4) is 0 Å². The van der Waals surface area contributed by atoms with Gasteiger partial charge in [-0.15, -0.1) is 0 Å². The topological polar surface area (TPSA) is 76.6 Å². The lowest BCUT2D eigenvalue weighted by Crippen LogP contribution is -2.29. The summed E-state index contributed by atoms with van der Waals surface area (Å²) in [4.78, 5) is 34.0. The minimum atomic E-state index is -0.765. The summed E-state index contributed by atoms with van der Waals surface area (Å²) in [5, 5.41) is 12.4. The molecular weight excluding hydrogens is 474 g/mol.